The van der Waals surface area contributed by atoms with Gasteiger partial charge in [0.25, 0.3) is 0 Å². The van der Waals surface area contributed by atoms with Gasteiger partial charge in [-0.2, -0.15) is 0 Å². The number of benzene rings is 2. The van der Waals surface area contributed by atoms with Gasteiger partial charge in [0.1, 0.15) is 0 Å². The van der Waals surface area contributed by atoms with Crippen LogP contribution >= 0.6 is 0 Å². The Bertz CT molecular complexity index is 699. The smallest absolute Gasteiger partial charge is 0.219 e. The van der Waals surface area contributed by atoms with Gasteiger partial charge in [-0.1, -0.05) is 36.4 Å². The first-order valence-electron chi connectivity index (χ1n) is 8.56. The molecule has 1 aliphatic heterocycles. The summed E-state index contributed by atoms with van der Waals surface area (Å²) in [6, 6.07) is 17.0. The zero-order chi connectivity index (χ0) is 16.9. The first-order chi connectivity index (χ1) is 11.7. The van der Waals surface area contributed by atoms with Crippen LogP contribution in [0.2, 0.25) is 0 Å². The van der Waals surface area contributed by atoms with Crippen molar-refractivity contribution in [3.8, 4) is 11.1 Å². The lowest BCUT2D eigenvalue weighted by Crippen LogP contribution is -2.33. The van der Waals surface area contributed by atoms with Crippen molar-refractivity contribution in [2.45, 2.75) is 13.3 Å². The fourth-order valence-electron chi connectivity index (χ4n) is 3.30. The summed E-state index contributed by atoms with van der Waals surface area (Å²) in [6.07, 6.45) is 1.00. The molecule has 126 valence electrons. The molecule has 1 heterocycles. The molecule has 1 saturated heterocycles. The van der Waals surface area contributed by atoms with E-state index >= 15 is 0 Å². The summed E-state index contributed by atoms with van der Waals surface area (Å²) in [5.41, 5.74) is 4.78. The SMILES string of the molecule is CNc1cc(-c2ccccc2)ccc1N1CCCN(C(C)=O)CC1. The van der Waals surface area contributed by atoms with Crippen molar-refractivity contribution in [1.82, 2.24) is 4.90 Å². The lowest BCUT2D eigenvalue weighted by molar-refractivity contribution is -0.128. The predicted octanol–water partition coefficient (Wildman–Crippen LogP) is 3.45. The van der Waals surface area contributed by atoms with Crippen molar-refractivity contribution >= 4 is 17.3 Å². The molecular weight excluding hydrogens is 298 g/mol. The molecule has 1 fully saturated rings. The second kappa shape index (κ2) is 7.39. The fourth-order valence-corrected chi connectivity index (χ4v) is 3.30. The van der Waals surface area contributed by atoms with Gasteiger partial charge in [-0.3, -0.25) is 4.79 Å². The van der Waals surface area contributed by atoms with Crippen LogP contribution in [-0.2, 0) is 4.79 Å². The minimum Gasteiger partial charge on any atom is -0.386 e. The first kappa shape index (κ1) is 16.4. The van der Waals surface area contributed by atoms with Gasteiger partial charge >= 0.3 is 0 Å². The highest BCUT2D eigenvalue weighted by molar-refractivity contribution is 5.78. The highest BCUT2D eigenvalue weighted by atomic mass is 16.2. The van der Waals surface area contributed by atoms with Crippen LogP contribution < -0.4 is 10.2 Å². The third-order valence-electron chi connectivity index (χ3n) is 4.65. The Morgan fingerprint density at radius 2 is 1.75 bits per heavy atom. The van der Waals surface area contributed by atoms with E-state index in [0.29, 0.717) is 0 Å². The third kappa shape index (κ3) is 3.53. The van der Waals surface area contributed by atoms with Crippen molar-refractivity contribution < 1.29 is 4.79 Å². The van der Waals surface area contributed by atoms with E-state index in [-0.39, 0.29) is 5.91 Å². The van der Waals surface area contributed by atoms with Gasteiger partial charge in [-0.25, -0.2) is 0 Å². The van der Waals surface area contributed by atoms with Crippen LogP contribution in [0.3, 0.4) is 0 Å². The molecule has 0 saturated carbocycles. The molecule has 4 heteroatoms. The number of amides is 1. The van der Waals surface area contributed by atoms with Crippen molar-refractivity contribution in [3.05, 3.63) is 48.5 Å². The number of anilines is 2. The van der Waals surface area contributed by atoms with E-state index in [0.717, 1.165) is 38.3 Å². The van der Waals surface area contributed by atoms with E-state index in [1.54, 1.807) is 6.92 Å². The summed E-state index contributed by atoms with van der Waals surface area (Å²) in [5.74, 6) is 0.171. The summed E-state index contributed by atoms with van der Waals surface area (Å²) >= 11 is 0. The standard InChI is InChI=1S/C20H25N3O/c1-16(24)22-11-6-12-23(14-13-22)20-10-9-18(15-19(20)21-2)17-7-4-3-5-8-17/h3-5,7-10,15,21H,6,11-14H2,1-2H3. The van der Waals surface area contributed by atoms with Gasteiger partial charge in [0.05, 0.1) is 11.4 Å². The minimum atomic E-state index is 0.171. The Balaban J connectivity index is 1.84. The molecule has 1 amide bonds. The van der Waals surface area contributed by atoms with Crippen molar-refractivity contribution in [2.75, 3.05) is 43.4 Å². The average molecular weight is 323 g/mol. The number of hydrogen-bond donors (Lipinski definition) is 1. The quantitative estimate of drug-likeness (QED) is 0.940. The van der Waals surface area contributed by atoms with Crippen LogP contribution in [0.1, 0.15) is 13.3 Å². The average Bonchev–Trinajstić information content (AvgIpc) is 2.88. The van der Waals surface area contributed by atoms with Crippen LogP contribution in [-0.4, -0.2) is 44.0 Å². The highest BCUT2D eigenvalue weighted by Gasteiger charge is 2.18. The monoisotopic (exact) mass is 323 g/mol. The molecule has 2 aromatic carbocycles. The zero-order valence-corrected chi connectivity index (χ0v) is 14.5. The Labute approximate surface area is 144 Å². The Morgan fingerprint density at radius 1 is 0.958 bits per heavy atom. The predicted molar refractivity (Wildman–Crippen MR) is 101 cm³/mol. The van der Waals surface area contributed by atoms with Crippen molar-refractivity contribution in [2.24, 2.45) is 0 Å². The minimum absolute atomic E-state index is 0.171. The van der Waals surface area contributed by atoms with Crippen LogP contribution in [0, 0.1) is 0 Å². The molecule has 0 aliphatic carbocycles. The second-order valence-corrected chi connectivity index (χ2v) is 6.19. The fraction of sp³-hybridized carbons (Fsp3) is 0.350. The van der Waals surface area contributed by atoms with Gasteiger partial charge in [-0.05, 0) is 29.7 Å². The molecule has 0 bridgehead atoms. The molecular formula is C20H25N3O. The molecule has 2 aromatic rings. The molecule has 0 radical (unpaired) electrons. The van der Waals surface area contributed by atoms with Crippen LogP contribution in [0.25, 0.3) is 11.1 Å². The number of nitrogens with one attached hydrogen (secondary N) is 1. The Kier molecular flexibility index (Phi) is 5.04. The van der Waals surface area contributed by atoms with Gasteiger partial charge < -0.3 is 15.1 Å². The maximum absolute atomic E-state index is 11.6. The van der Waals surface area contributed by atoms with E-state index in [1.807, 2.05) is 18.0 Å². The third-order valence-corrected chi connectivity index (χ3v) is 4.65. The van der Waals surface area contributed by atoms with E-state index in [2.05, 4.69) is 52.7 Å². The molecule has 24 heavy (non-hydrogen) atoms. The van der Waals surface area contributed by atoms with E-state index < -0.39 is 0 Å². The number of carbonyl (C=O) groups excluding carboxylic acids is 1. The van der Waals surface area contributed by atoms with Crippen LogP contribution in [0.4, 0.5) is 11.4 Å². The lowest BCUT2D eigenvalue weighted by atomic mass is 10.0. The molecule has 1 aliphatic rings. The molecule has 0 atom stereocenters. The molecule has 3 rings (SSSR count). The molecule has 0 aromatic heterocycles. The van der Waals surface area contributed by atoms with Gasteiger partial charge in [0.15, 0.2) is 0 Å². The van der Waals surface area contributed by atoms with Crippen molar-refractivity contribution in [3.63, 3.8) is 0 Å². The zero-order valence-electron chi connectivity index (χ0n) is 14.5. The molecule has 0 spiro atoms. The lowest BCUT2D eigenvalue weighted by Gasteiger charge is -2.26. The summed E-state index contributed by atoms with van der Waals surface area (Å²) in [7, 11) is 1.97. The van der Waals surface area contributed by atoms with Crippen LogP contribution in [0.15, 0.2) is 48.5 Å². The molecule has 1 N–H and O–H groups in total. The summed E-state index contributed by atoms with van der Waals surface area (Å²) in [6.45, 7) is 5.15. The summed E-state index contributed by atoms with van der Waals surface area (Å²) < 4.78 is 0. The van der Waals surface area contributed by atoms with Gasteiger partial charge in [0.2, 0.25) is 5.91 Å². The highest BCUT2D eigenvalue weighted by Crippen LogP contribution is 2.32. The van der Waals surface area contributed by atoms with E-state index in [9.17, 15) is 4.79 Å². The Morgan fingerprint density at radius 3 is 2.46 bits per heavy atom. The number of hydrogen-bond acceptors (Lipinski definition) is 3. The van der Waals surface area contributed by atoms with Gasteiger partial charge in [0, 0.05) is 40.2 Å². The summed E-state index contributed by atoms with van der Waals surface area (Å²) in [4.78, 5) is 15.9. The normalized spacial score (nSPS) is 15.1. The van der Waals surface area contributed by atoms with Crippen LogP contribution in [0.5, 0.6) is 0 Å². The number of rotatable bonds is 3. The maximum atomic E-state index is 11.6. The largest absolute Gasteiger partial charge is 0.386 e. The maximum Gasteiger partial charge on any atom is 0.219 e. The topological polar surface area (TPSA) is 35.6 Å². The van der Waals surface area contributed by atoms with E-state index in [1.165, 1.54) is 16.8 Å². The number of carbonyl (C=O) groups is 1. The van der Waals surface area contributed by atoms with Gasteiger partial charge in [-0.15, -0.1) is 0 Å². The molecule has 0 unspecified atom stereocenters. The first-order valence-corrected chi connectivity index (χ1v) is 8.56. The second-order valence-electron chi connectivity index (χ2n) is 6.19. The van der Waals surface area contributed by atoms with E-state index in [4.69, 9.17) is 0 Å². The van der Waals surface area contributed by atoms with Crippen molar-refractivity contribution in [1.29, 1.82) is 0 Å². The number of nitrogens with zero attached hydrogens (tertiary/aromatic N) is 2. The summed E-state index contributed by atoms with van der Waals surface area (Å²) in [5, 5.41) is 3.34. The molecule has 4 nitrogen and oxygen atoms in total. The Hall–Kier alpha value is -2.49.